The third kappa shape index (κ3) is 2.31. The Labute approximate surface area is 67.8 Å². The second-order valence-corrected chi connectivity index (χ2v) is 3.42. The van der Waals surface area contributed by atoms with E-state index in [9.17, 15) is 9.59 Å². The molecule has 2 unspecified atom stereocenters. The van der Waals surface area contributed by atoms with Gasteiger partial charge in [0.2, 0.25) is 12.2 Å². The molecule has 0 saturated carbocycles. The van der Waals surface area contributed by atoms with E-state index in [1.54, 1.807) is 0 Å². The number of carbonyl (C=O) groups excluding carboxylic acids is 2. The van der Waals surface area contributed by atoms with Crippen LogP contribution < -0.4 is 0 Å². The van der Waals surface area contributed by atoms with E-state index in [2.05, 4.69) is 9.98 Å². The summed E-state index contributed by atoms with van der Waals surface area (Å²) in [5.74, 6) is 0. The van der Waals surface area contributed by atoms with Gasteiger partial charge in [-0.05, 0) is 12.8 Å². The lowest BCUT2D eigenvalue weighted by molar-refractivity contribution is 0.559. The Bertz CT molecular complexity index is 207. The summed E-state index contributed by atoms with van der Waals surface area (Å²) >= 11 is 1.40. The molecule has 11 heavy (non-hydrogen) atoms. The van der Waals surface area contributed by atoms with Gasteiger partial charge >= 0.3 is 0 Å². The zero-order valence-electron chi connectivity index (χ0n) is 5.69. The Kier molecular flexibility index (Phi) is 3.05. The first-order valence-electron chi connectivity index (χ1n) is 3.16. The Hall–Kier alpha value is -0.890. The van der Waals surface area contributed by atoms with Crippen LogP contribution >= 0.6 is 11.8 Å². The van der Waals surface area contributed by atoms with E-state index in [0.29, 0.717) is 0 Å². The number of nitrogens with zero attached hydrogens (tertiary/aromatic N) is 2. The molecule has 5 heteroatoms. The summed E-state index contributed by atoms with van der Waals surface area (Å²) in [4.78, 5) is 26.7. The largest absolute Gasteiger partial charge is 0.236 e. The van der Waals surface area contributed by atoms with Crippen molar-refractivity contribution >= 4 is 23.9 Å². The molecule has 4 nitrogen and oxygen atoms in total. The molecular weight excluding hydrogens is 164 g/mol. The first-order chi connectivity index (χ1) is 5.36. The van der Waals surface area contributed by atoms with E-state index in [-0.39, 0.29) is 10.7 Å². The summed E-state index contributed by atoms with van der Waals surface area (Å²) in [6.45, 7) is 0. The van der Waals surface area contributed by atoms with Crippen molar-refractivity contribution in [2.45, 2.75) is 23.6 Å². The molecular formula is C6H6N2O2S. The standard InChI is InChI=1S/C6H6N2O2S/c9-3-7-5-1-2-6(11-5)8-4-10/h5-6H,1-2H2. The highest BCUT2D eigenvalue weighted by Crippen LogP contribution is 2.34. The van der Waals surface area contributed by atoms with Crippen molar-refractivity contribution in [1.82, 2.24) is 0 Å². The van der Waals surface area contributed by atoms with Gasteiger partial charge in [0.05, 0.1) is 0 Å². The van der Waals surface area contributed by atoms with Crippen LogP contribution in [-0.4, -0.2) is 22.9 Å². The second-order valence-electron chi connectivity index (χ2n) is 2.06. The molecule has 2 atom stereocenters. The molecule has 1 aliphatic rings. The Morgan fingerprint density at radius 1 is 1.09 bits per heavy atom. The fraction of sp³-hybridized carbons (Fsp3) is 0.667. The van der Waals surface area contributed by atoms with E-state index in [1.165, 1.54) is 23.9 Å². The molecule has 1 saturated heterocycles. The van der Waals surface area contributed by atoms with Crippen LogP contribution in [-0.2, 0) is 9.59 Å². The Morgan fingerprint density at radius 3 is 1.91 bits per heavy atom. The first-order valence-corrected chi connectivity index (χ1v) is 4.10. The quantitative estimate of drug-likeness (QED) is 0.455. The third-order valence-corrected chi connectivity index (χ3v) is 2.68. The molecule has 58 valence electrons. The van der Waals surface area contributed by atoms with Gasteiger partial charge in [-0.3, -0.25) is 0 Å². The average Bonchev–Trinajstić information content (AvgIpc) is 2.38. The van der Waals surface area contributed by atoms with Crippen molar-refractivity contribution in [3.05, 3.63) is 0 Å². The molecule has 0 aromatic heterocycles. The van der Waals surface area contributed by atoms with E-state index >= 15 is 0 Å². The van der Waals surface area contributed by atoms with Crippen LogP contribution in [0.1, 0.15) is 12.8 Å². The summed E-state index contributed by atoms with van der Waals surface area (Å²) in [5.41, 5.74) is 0. The van der Waals surface area contributed by atoms with E-state index in [0.717, 1.165) is 12.8 Å². The van der Waals surface area contributed by atoms with Crippen molar-refractivity contribution in [3.8, 4) is 0 Å². The molecule has 0 aliphatic carbocycles. The van der Waals surface area contributed by atoms with Gasteiger partial charge < -0.3 is 0 Å². The third-order valence-electron chi connectivity index (χ3n) is 1.37. The number of aliphatic imine (C=N–C) groups is 2. The topological polar surface area (TPSA) is 58.9 Å². The van der Waals surface area contributed by atoms with E-state index in [4.69, 9.17) is 0 Å². The van der Waals surface area contributed by atoms with Crippen molar-refractivity contribution in [2.75, 3.05) is 0 Å². The molecule has 1 heterocycles. The maximum atomic E-state index is 9.81. The molecule has 0 amide bonds. The molecule has 0 radical (unpaired) electrons. The van der Waals surface area contributed by atoms with Gasteiger partial charge in [0.1, 0.15) is 10.7 Å². The van der Waals surface area contributed by atoms with Gasteiger partial charge in [0, 0.05) is 0 Å². The van der Waals surface area contributed by atoms with Crippen molar-refractivity contribution in [2.24, 2.45) is 9.98 Å². The number of hydrogen-bond acceptors (Lipinski definition) is 5. The molecule has 0 N–H and O–H groups in total. The van der Waals surface area contributed by atoms with Gasteiger partial charge in [0.15, 0.2) is 0 Å². The van der Waals surface area contributed by atoms with Crippen LogP contribution in [0.5, 0.6) is 0 Å². The Balaban J connectivity index is 2.46. The van der Waals surface area contributed by atoms with Gasteiger partial charge in [-0.1, -0.05) is 0 Å². The zero-order valence-corrected chi connectivity index (χ0v) is 6.50. The molecule has 1 rings (SSSR count). The number of isocyanates is 2. The average molecular weight is 170 g/mol. The number of hydrogen-bond donors (Lipinski definition) is 0. The summed E-state index contributed by atoms with van der Waals surface area (Å²) in [6.07, 6.45) is 4.55. The van der Waals surface area contributed by atoms with Crippen molar-refractivity contribution < 1.29 is 9.59 Å². The lowest BCUT2D eigenvalue weighted by Crippen LogP contribution is -1.90. The summed E-state index contributed by atoms with van der Waals surface area (Å²) in [6, 6.07) is 0. The molecule has 0 bridgehead atoms. The zero-order chi connectivity index (χ0) is 8.10. The first kappa shape index (κ1) is 8.21. The fourth-order valence-electron chi connectivity index (χ4n) is 0.910. The second kappa shape index (κ2) is 4.09. The predicted molar refractivity (Wildman–Crippen MR) is 40.6 cm³/mol. The van der Waals surface area contributed by atoms with E-state index < -0.39 is 0 Å². The molecule has 0 aromatic carbocycles. The minimum atomic E-state index is -0.0606. The molecule has 0 spiro atoms. The highest BCUT2D eigenvalue weighted by atomic mass is 32.2. The van der Waals surface area contributed by atoms with E-state index in [1.807, 2.05) is 0 Å². The van der Waals surface area contributed by atoms with Crippen molar-refractivity contribution in [1.29, 1.82) is 0 Å². The van der Waals surface area contributed by atoms with Gasteiger partial charge in [-0.15, -0.1) is 11.8 Å². The summed E-state index contributed by atoms with van der Waals surface area (Å²) < 4.78 is 0. The molecule has 0 aromatic rings. The van der Waals surface area contributed by atoms with Crippen LogP contribution in [0.4, 0.5) is 0 Å². The highest BCUT2D eigenvalue weighted by Gasteiger charge is 2.24. The fourth-order valence-corrected chi connectivity index (χ4v) is 2.02. The van der Waals surface area contributed by atoms with Crippen LogP contribution in [0.25, 0.3) is 0 Å². The van der Waals surface area contributed by atoms with Crippen molar-refractivity contribution in [3.63, 3.8) is 0 Å². The van der Waals surface area contributed by atoms with Crippen LogP contribution in [0.15, 0.2) is 9.98 Å². The number of rotatable bonds is 2. The minimum absolute atomic E-state index is 0.0606. The van der Waals surface area contributed by atoms with Gasteiger partial charge in [-0.25, -0.2) is 9.59 Å². The lowest BCUT2D eigenvalue weighted by Gasteiger charge is -1.96. The summed E-state index contributed by atoms with van der Waals surface area (Å²) in [5, 5.41) is -0.121. The SMILES string of the molecule is O=C=NC1CCC(N=C=O)S1. The van der Waals surface area contributed by atoms with Crippen LogP contribution in [0.2, 0.25) is 0 Å². The monoisotopic (exact) mass is 170 g/mol. The van der Waals surface area contributed by atoms with Crippen LogP contribution in [0.3, 0.4) is 0 Å². The number of thioether (sulfide) groups is 1. The highest BCUT2D eigenvalue weighted by molar-refractivity contribution is 8.00. The van der Waals surface area contributed by atoms with Gasteiger partial charge in [0.25, 0.3) is 0 Å². The summed E-state index contributed by atoms with van der Waals surface area (Å²) in [7, 11) is 0. The minimum Gasteiger partial charge on any atom is -0.211 e. The smallest absolute Gasteiger partial charge is 0.211 e. The Morgan fingerprint density at radius 2 is 1.55 bits per heavy atom. The molecule has 1 aliphatic heterocycles. The lowest BCUT2D eigenvalue weighted by atomic mass is 10.3. The predicted octanol–water partition coefficient (Wildman–Crippen LogP) is 0.837. The molecule has 1 fully saturated rings. The normalized spacial score (nSPS) is 28.7. The maximum absolute atomic E-state index is 9.81. The maximum Gasteiger partial charge on any atom is 0.236 e. The van der Waals surface area contributed by atoms with Gasteiger partial charge in [-0.2, -0.15) is 9.98 Å². The van der Waals surface area contributed by atoms with Crippen LogP contribution in [0, 0.1) is 0 Å².